The number of fused-ring (bicyclic) bond motifs is 1. The number of unbranched alkanes of at least 4 members (excludes halogenated alkanes) is 2. The average Bonchev–Trinajstić information content (AvgIpc) is 2.94. The van der Waals surface area contributed by atoms with Crippen molar-refractivity contribution in [1.29, 1.82) is 0 Å². The molecule has 0 amide bonds. The molecule has 0 spiro atoms. The van der Waals surface area contributed by atoms with Gasteiger partial charge < -0.3 is 18.9 Å². The van der Waals surface area contributed by atoms with Crippen LogP contribution in [0.5, 0.6) is 0 Å². The van der Waals surface area contributed by atoms with Crippen LogP contribution in [-0.2, 0) is 29.3 Å². The van der Waals surface area contributed by atoms with Gasteiger partial charge in [-0.05, 0) is 37.0 Å². The number of cyclic esters (lactones) is 1. The van der Waals surface area contributed by atoms with Gasteiger partial charge in [-0.25, -0.2) is 0 Å². The summed E-state index contributed by atoms with van der Waals surface area (Å²) in [7, 11) is 0. The first-order valence-corrected chi connectivity index (χ1v) is 14.3. The minimum absolute atomic E-state index is 0.197. The molecule has 0 bridgehead atoms. The smallest absolute Gasteiger partial charge is 0.314 e. The Kier molecular flexibility index (Phi) is 8.51. The third kappa shape index (κ3) is 5.96. The zero-order valence-corrected chi connectivity index (χ0v) is 23.3. The molecule has 2 aliphatic rings. The number of rotatable bonds is 10. The van der Waals surface area contributed by atoms with Crippen molar-refractivity contribution in [2.45, 2.75) is 82.6 Å². The number of hydrogen-bond donors (Lipinski definition) is 0. The van der Waals surface area contributed by atoms with Crippen LogP contribution in [0.25, 0.3) is 0 Å². The van der Waals surface area contributed by atoms with Crippen LogP contribution in [0.15, 0.2) is 91.0 Å². The van der Waals surface area contributed by atoms with Crippen molar-refractivity contribution in [3.63, 3.8) is 0 Å². The Bertz CT molecular complexity index is 1100. The number of carbonyl (C=O) groups is 1. The summed E-state index contributed by atoms with van der Waals surface area (Å²) in [5.74, 6) is -1.40. The zero-order chi connectivity index (χ0) is 27.3. The van der Waals surface area contributed by atoms with E-state index in [0.717, 1.165) is 42.4 Å². The Morgan fingerprint density at radius 1 is 0.821 bits per heavy atom. The summed E-state index contributed by atoms with van der Waals surface area (Å²) in [6.45, 7) is 6.29. The highest BCUT2D eigenvalue weighted by Gasteiger charge is 2.51. The Morgan fingerprint density at radius 3 is 1.87 bits per heavy atom. The van der Waals surface area contributed by atoms with E-state index in [1.165, 1.54) is 0 Å². The summed E-state index contributed by atoms with van der Waals surface area (Å²) in [4.78, 5) is 13.4. The second-order valence-electron chi connectivity index (χ2n) is 11.1. The summed E-state index contributed by atoms with van der Waals surface area (Å²) in [6, 6.07) is 30.7. The number of benzene rings is 3. The van der Waals surface area contributed by atoms with Gasteiger partial charge in [0, 0.05) is 6.42 Å². The molecular formula is C34H40O5. The lowest BCUT2D eigenvalue weighted by Gasteiger charge is -2.48. The van der Waals surface area contributed by atoms with Crippen molar-refractivity contribution in [2.75, 3.05) is 6.61 Å². The summed E-state index contributed by atoms with van der Waals surface area (Å²) in [5, 5.41) is 0. The van der Waals surface area contributed by atoms with Crippen LogP contribution >= 0.6 is 0 Å². The molecule has 0 saturated carbocycles. The van der Waals surface area contributed by atoms with Gasteiger partial charge >= 0.3 is 5.97 Å². The van der Waals surface area contributed by atoms with Crippen molar-refractivity contribution < 1.29 is 23.7 Å². The lowest BCUT2D eigenvalue weighted by Crippen LogP contribution is -2.58. The van der Waals surface area contributed by atoms with Crippen molar-refractivity contribution in [3.05, 3.63) is 108 Å². The molecule has 0 unspecified atom stereocenters. The van der Waals surface area contributed by atoms with Crippen LogP contribution in [0, 0.1) is 5.92 Å². The molecule has 2 fully saturated rings. The molecule has 4 atom stereocenters. The Morgan fingerprint density at radius 2 is 1.36 bits per heavy atom. The van der Waals surface area contributed by atoms with E-state index in [1.807, 2.05) is 68.4 Å². The van der Waals surface area contributed by atoms with Crippen LogP contribution in [0.4, 0.5) is 0 Å². The standard InChI is InChI=1S/C34H40O5/c1-4-5-9-22-29-31-30(39-33(2,3)38-29)23-28(37-32(31)35)24-36-34(25-16-10-6-11-17-25,26-18-12-7-13-19-26)27-20-14-8-15-21-27/h6-8,10-21,28-31H,4-5,9,22-24H2,1-3H3/t28-,29+,30-,31+/m0/s1. The third-order valence-corrected chi connectivity index (χ3v) is 7.84. The number of ether oxygens (including phenoxy) is 4. The zero-order valence-electron chi connectivity index (χ0n) is 23.3. The molecule has 2 aliphatic heterocycles. The molecule has 2 heterocycles. The van der Waals surface area contributed by atoms with Gasteiger partial charge in [0.15, 0.2) is 5.79 Å². The summed E-state index contributed by atoms with van der Waals surface area (Å²) < 4.78 is 25.5. The van der Waals surface area contributed by atoms with E-state index < -0.39 is 23.4 Å². The maximum atomic E-state index is 13.4. The van der Waals surface area contributed by atoms with E-state index in [4.69, 9.17) is 18.9 Å². The van der Waals surface area contributed by atoms with E-state index in [2.05, 4.69) is 43.3 Å². The predicted molar refractivity (Wildman–Crippen MR) is 151 cm³/mol. The fourth-order valence-electron chi connectivity index (χ4n) is 6.11. The summed E-state index contributed by atoms with van der Waals surface area (Å²) in [6.07, 6.45) is 3.76. The van der Waals surface area contributed by atoms with Gasteiger partial charge in [-0.1, -0.05) is 117 Å². The minimum Gasteiger partial charge on any atom is -0.459 e. The lowest BCUT2D eigenvalue weighted by molar-refractivity contribution is -0.331. The number of carbonyl (C=O) groups excluding carboxylic acids is 1. The highest BCUT2D eigenvalue weighted by Crippen LogP contribution is 2.43. The van der Waals surface area contributed by atoms with Gasteiger partial charge in [-0.3, -0.25) is 4.79 Å². The molecule has 0 aliphatic carbocycles. The van der Waals surface area contributed by atoms with Gasteiger partial charge in [0.1, 0.15) is 17.6 Å². The van der Waals surface area contributed by atoms with Gasteiger partial charge in [0.25, 0.3) is 0 Å². The molecule has 3 aromatic rings. The van der Waals surface area contributed by atoms with Crippen LogP contribution in [-0.4, -0.2) is 36.7 Å². The Balaban J connectivity index is 1.43. The monoisotopic (exact) mass is 528 g/mol. The normalized spacial score (nSPS) is 24.5. The van der Waals surface area contributed by atoms with E-state index in [9.17, 15) is 4.79 Å². The van der Waals surface area contributed by atoms with Gasteiger partial charge in [0.05, 0.1) is 18.8 Å². The van der Waals surface area contributed by atoms with Crippen LogP contribution < -0.4 is 0 Å². The van der Waals surface area contributed by atoms with Crippen molar-refractivity contribution in [3.8, 4) is 0 Å². The molecule has 5 rings (SSSR count). The van der Waals surface area contributed by atoms with Crippen LogP contribution in [0.3, 0.4) is 0 Å². The quantitative estimate of drug-likeness (QED) is 0.161. The topological polar surface area (TPSA) is 54.0 Å². The number of esters is 1. The maximum absolute atomic E-state index is 13.4. The first-order chi connectivity index (χ1) is 18.9. The van der Waals surface area contributed by atoms with Gasteiger partial charge in [0.2, 0.25) is 0 Å². The van der Waals surface area contributed by atoms with Crippen molar-refractivity contribution in [2.24, 2.45) is 5.92 Å². The van der Waals surface area contributed by atoms with Crippen molar-refractivity contribution in [1.82, 2.24) is 0 Å². The SMILES string of the molecule is CCCCC[C@H]1OC(C)(C)O[C@H]2C[C@@H](COC(c3ccccc3)(c3ccccc3)c3ccccc3)OC(=O)[C@@H]21. The highest BCUT2D eigenvalue weighted by molar-refractivity contribution is 5.75. The fourth-order valence-corrected chi connectivity index (χ4v) is 6.11. The third-order valence-electron chi connectivity index (χ3n) is 7.84. The van der Waals surface area contributed by atoms with Crippen LogP contribution in [0.1, 0.15) is 69.6 Å². The molecule has 0 aromatic heterocycles. The maximum Gasteiger partial charge on any atom is 0.314 e. The molecule has 2 saturated heterocycles. The largest absolute Gasteiger partial charge is 0.459 e. The van der Waals surface area contributed by atoms with E-state index >= 15 is 0 Å². The second-order valence-corrected chi connectivity index (χ2v) is 11.1. The van der Waals surface area contributed by atoms with Gasteiger partial charge in [-0.15, -0.1) is 0 Å². The second kappa shape index (κ2) is 12.0. The average molecular weight is 529 g/mol. The van der Waals surface area contributed by atoms with Crippen molar-refractivity contribution >= 4 is 5.97 Å². The van der Waals surface area contributed by atoms with Crippen LogP contribution in [0.2, 0.25) is 0 Å². The minimum atomic E-state index is -0.870. The first-order valence-electron chi connectivity index (χ1n) is 14.3. The predicted octanol–water partition coefficient (Wildman–Crippen LogP) is 7.03. The Hall–Kier alpha value is -2.99. The lowest BCUT2D eigenvalue weighted by atomic mass is 9.80. The molecule has 0 radical (unpaired) electrons. The summed E-state index contributed by atoms with van der Waals surface area (Å²) in [5.41, 5.74) is 2.18. The van der Waals surface area contributed by atoms with Gasteiger partial charge in [-0.2, -0.15) is 0 Å². The molecular weight excluding hydrogens is 488 g/mol. The van der Waals surface area contributed by atoms with E-state index in [1.54, 1.807) is 0 Å². The Labute approximate surface area is 232 Å². The molecule has 3 aromatic carbocycles. The molecule has 0 N–H and O–H groups in total. The molecule has 206 valence electrons. The molecule has 39 heavy (non-hydrogen) atoms. The first kappa shape index (κ1) is 27.6. The van der Waals surface area contributed by atoms with E-state index in [0.29, 0.717) is 6.42 Å². The van der Waals surface area contributed by atoms with E-state index in [-0.39, 0.29) is 24.8 Å². The highest BCUT2D eigenvalue weighted by atomic mass is 16.7. The number of hydrogen-bond acceptors (Lipinski definition) is 5. The molecule has 5 nitrogen and oxygen atoms in total. The molecule has 5 heteroatoms. The fraction of sp³-hybridized carbons (Fsp3) is 0.441. The summed E-state index contributed by atoms with van der Waals surface area (Å²) >= 11 is 0.